The second kappa shape index (κ2) is 9.38. The van der Waals surface area contributed by atoms with E-state index in [1.165, 1.54) is 5.06 Å². The molecule has 5 atom stereocenters. The lowest BCUT2D eigenvalue weighted by Gasteiger charge is -2.43. The van der Waals surface area contributed by atoms with Crippen molar-refractivity contribution in [3.63, 3.8) is 0 Å². The maximum atomic E-state index is 10.4. The maximum absolute atomic E-state index is 10.4. The highest BCUT2D eigenvalue weighted by Gasteiger charge is 2.46. The number of nitrogens with zero attached hydrogens (tertiary/aromatic N) is 1. The van der Waals surface area contributed by atoms with E-state index in [4.69, 9.17) is 9.57 Å². The van der Waals surface area contributed by atoms with Crippen LogP contribution in [0.5, 0.6) is 0 Å². The van der Waals surface area contributed by atoms with Crippen LogP contribution in [0.1, 0.15) is 11.1 Å². The SMILES string of the molecule is OCC1O[C@@H](N(Cc2ccccc2)OCc2ccccc2)C(O)[C@@H](O)[C@@H]1O. The minimum absolute atomic E-state index is 0.239. The van der Waals surface area contributed by atoms with Gasteiger partial charge in [0.15, 0.2) is 6.23 Å². The molecule has 1 saturated heterocycles. The summed E-state index contributed by atoms with van der Waals surface area (Å²) in [7, 11) is 0. The van der Waals surface area contributed by atoms with E-state index in [-0.39, 0.29) is 13.2 Å². The van der Waals surface area contributed by atoms with Gasteiger partial charge in [0, 0.05) is 0 Å². The van der Waals surface area contributed by atoms with Gasteiger partial charge in [-0.15, -0.1) is 0 Å². The molecule has 2 aromatic carbocycles. The Kier molecular flexibility index (Phi) is 6.92. The predicted octanol–water partition coefficient (Wildman–Crippen LogP) is 0.420. The zero-order valence-corrected chi connectivity index (χ0v) is 14.8. The first kappa shape index (κ1) is 19.9. The fraction of sp³-hybridized carbons (Fsp3) is 0.400. The average Bonchev–Trinajstić information content (AvgIpc) is 2.71. The Hall–Kier alpha value is -1.84. The molecule has 7 heteroatoms. The molecule has 0 amide bonds. The van der Waals surface area contributed by atoms with E-state index in [0.717, 1.165) is 11.1 Å². The molecule has 27 heavy (non-hydrogen) atoms. The summed E-state index contributed by atoms with van der Waals surface area (Å²) in [5, 5.41) is 41.4. The van der Waals surface area contributed by atoms with Crippen molar-refractivity contribution in [1.82, 2.24) is 5.06 Å². The molecule has 1 aliphatic rings. The molecule has 0 aromatic heterocycles. The highest BCUT2D eigenvalue weighted by Crippen LogP contribution is 2.25. The van der Waals surface area contributed by atoms with Crippen molar-refractivity contribution in [3.8, 4) is 0 Å². The van der Waals surface area contributed by atoms with E-state index in [0.29, 0.717) is 0 Å². The molecule has 3 rings (SSSR count). The van der Waals surface area contributed by atoms with Gasteiger partial charge in [-0.3, -0.25) is 4.84 Å². The number of aliphatic hydroxyl groups is 4. The Bertz CT molecular complexity index is 683. The molecule has 1 heterocycles. The van der Waals surface area contributed by atoms with Crippen LogP contribution in [0, 0.1) is 0 Å². The van der Waals surface area contributed by atoms with Crippen LogP contribution in [0.25, 0.3) is 0 Å². The molecule has 2 aromatic rings. The molecule has 4 N–H and O–H groups in total. The summed E-state index contributed by atoms with van der Waals surface area (Å²) in [6.07, 6.45) is -6.31. The lowest BCUT2D eigenvalue weighted by atomic mass is 9.98. The highest BCUT2D eigenvalue weighted by atomic mass is 16.7. The molecule has 7 nitrogen and oxygen atoms in total. The number of hydrogen-bond donors (Lipinski definition) is 4. The first-order valence-corrected chi connectivity index (χ1v) is 8.88. The van der Waals surface area contributed by atoms with E-state index in [2.05, 4.69) is 0 Å². The normalized spacial score (nSPS) is 28.4. The third-order valence-electron chi connectivity index (χ3n) is 4.57. The van der Waals surface area contributed by atoms with Crippen molar-refractivity contribution < 1.29 is 30.0 Å². The largest absolute Gasteiger partial charge is 0.394 e. The zero-order chi connectivity index (χ0) is 19.2. The Morgan fingerprint density at radius 3 is 2.00 bits per heavy atom. The van der Waals surface area contributed by atoms with Gasteiger partial charge in [0.05, 0.1) is 19.8 Å². The molecule has 0 spiro atoms. The second-order valence-corrected chi connectivity index (χ2v) is 6.54. The molecule has 2 unspecified atom stereocenters. The summed E-state index contributed by atoms with van der Waals surface area (Å²) in [5.74, 6) is 0. The molecule has 0 bridgehead atoms. The number of benzene rings is 2. The van der Waals surface area contributed by atoms with Gasteiger partial charge in [0.2, 0.25) is 0 Å². The zero-order valence-electron chi connectivity index (χ0n) is 14.8. The quantitative estimate of drug-likeness (QED) is 0.520. The number of aliphatic hydroxyl groups excluding tert-OH is 4. The molecule has 0 saturated carbocycles. The molecule has 1 fully saturated rings. The average molecular weight is 375 g/mol. The number of rotatable bonds is 7. The summed E-state index contributed by atoms with van der Waals surface area (Å²) < 4.78 is 5.64. The second-order valence-electron chi connectivity index (χ2n) is 6.54. The Morgan fingerprint density at radius 1 is 0.815 bits per heavy atom. The number of hydroxylamine groups is 2. The topological polar surface area (TPSA) is 103 Å². The molecule has 0 aliphatic carbocycles. The standard InChI is InChI=1S/C20H25NO6/c22-12-16-17(23)18(24)19(25)20(27-16)21(11-14-7-3-1-4-8-14)26-13-15-9-5-2-6-10-15/h1-10,16-20,22-25H,11-13H2/t16?,17-,18+,19?,20-/m1/s1. The Balaban J connectivity index is 1.79. The molecule has 146 valence electrons. The van der Waals surface area contributed by atoms with Crippen molar-refractivity contribution in [3.05, 3.63) is 71.8 Å². The smallest absolute Gasteiger partial charge is 0.162 e. The first-order valence-electron chi connectivity index (χ1n) is 8.88. The molecule has 1 aliphatic heterocycles. The van der Waals surface area contributed by atoms with Crippen LogP contribution >= 0.6 is 0 Å². The summed E-state index contributed by atoms with van der Waals surface area (Å²) >= 11 is 0. The fourth-order valence-electron chi connectivity index (χ4n) is 3.02. The van der Waals surface area contributed by atoms with Crippen molar-refractivity contribution >= 4 is 0 Å². The van der Waals surface area contributed by atoms with Crippen LogP contribution in [0.15, 0.2) is 60.7 Å². The summed E-state index contributed by atoms with van der Waals surface area (Å²) in [6.45, 7) is 0.0400. The van der Waals surface area contributed by atoms with Gasteiger partial charge >= 0.3 is 0 Å². The molecular formula is C20H25NO6. The van der Waals surface area contributed by atoms with Crippen LogP contribution in [-0.2, 0) is 22.7 Å². The lowest BCUT2D eigenvalue weighted by Crippen LogP contribution is -2.62. The minimum Gasteiger partial charge on any atom is -0.394 e. The third kappa shape index (κ3) is 4.91. The third-order valence-corrected chi connectivity index (χ3v) is 4.57. The van der Waals surface area contributed by atoms with Crippen LogP contribution < -0.4 is 0 Å². The first-order chi connectivity index (χ1) is 13.1. The number of ether oxygens (including phenoxy) is 1. The van der Waals surface area contributed by atoms with Gasteiger partial charge in [-0.05, 0) is 11.1 Å². The van der Waals surface area contributed by atoms with Crippen molar-refractivity contribution in [1.29, 1.82) is 0 Å². The van der Waals surface area contributed by atoms with Gasteiger partial charge in [-0.2, -0.15) is 5.06 Å². The van der Waals surface area contributed by atoms with E-state index in [1.807, 2.05) is 60.7 Å². The van der Waals surface area contributed by atoms with Gasteiger partial charge in [0.1, 0.15) is 24.4 Å². The van der Waals surface area contributed by atoms with Crippen molar-refractivity contribution in [2.45, 2.75) is 43.8 Å². The summed E-state index contributed by atoms with van der Waals surface area (Å²) in [5.41, 5.74) is 1.85. The van der Waals surface area contributed by atoms with E-state index in [9.17, 15) is 20.4 Å². The molecular weight excluding hydrogens is 350 g/mol. The Labute approximate surface area is 158 Å². The van der Waals surface area contributed by atoms with Crippen LogP contribution in [0.4, 0.5) is 0 Å². The minimum atomic E-state index is -1.46. The van der Waals surface area contributed by atoms with Crippen LogP contribution in [0.3, 0.4) is 0 Å². The van der Waals surface area contributed by atoms with Gasteiger partial charge in [0.25, 0.3) is 0 Å². The summed E-state index contributed by atoms with van der Waals surface area (Å²) in [6, 6.07) is 19.0. The van der Waals surface area contributed by atoms with E-state index >= 15 is 0 Å². The van der Waals surface area contributed by atoms with Crippen molar-refractivity contribution in [2.24, 2.45) is 0 Å². The van der Waals surface area contributed by atoms with Crippen LogP contribution in [0.2, 0.25) is 0 Å². The maximum Gasteiger partial charge on any atom is 0.162 e. The van der Waals surface area contributed by atoms with Crippen LogP contribution in [-0.4, -0.2) is 62.7 Å². The van der Waals surface area contributed by atoms with E-state index in [1.54, 1.807) is 0 Å². The number of hydrogen-bond acceptors (Lipinski definition) is 7. The summed E-state index contributed by atoms with van der Waals surface area (Å²) in [4.78, 5) is 5.89. The van der Waals surface area contributed by atoms with Crippen molar-refractivity contribution in [2.75, 3.05) is 6.61 Å². The van der Waals surface area contributed by atoms with E-state index < -0.39 is 37.3 Å². The predicted molar refractivity (Wildman–Crippen MR) is 97.0 cm³/mol. The fourth-order valence-corrected chi connectivity index (χ4v) is 3.02. The lowest BCUT2D eigenvalue weighted by molar-refractivity contribution is -0.342. The Morgan fingerprint density at radius 2 is 1.41 bits per heavy atom. The highest BCUT2D eigenvalue weighted by molar-refractivity contribution is 5.15. The monoisotopic (exact) mass is 375 g/mol. The van der Waals surface area contributed by atoms with Gasteiger partial charge in [-0.1, -0.05) is 60.7 Å². The van der Waals surface area contributed by atoms with Gasteiger partial charge < -0.3 is 25.2 Å². The van der Waals surface area contributed by atoms with Gasteiger partial charge in [-0.25, -0.2) is 0 Å². The molecule has 0 radical (unpaired) electrons.